The molecule has 0 heterocycles. The lowest BCUT2D eigenvalue weighted by atomic mass is 10.3. The molecule has 0 bridgehead atoms. The molecule has 0 aromatic carbocycles. The Hall–Kier alpha value is -0.550. The summed E-state index contributed by atoms with van der Waals surface area (Å²) in [7, 11) is 6.00. The molecule has 0 N–H and O–H groups in total. The van der Waals surface area contributed by atoms with Crippen molar-refractivity contribution in [2.24, 2.45) is 0 Å². The zero-order valence-corrected chi connectivity index (χ0v) is 7.52. The molecule has 0 radical (unpaired) electrons. The molecular formula is C8H18N2. The fraction of sp³-hybridized carbons (Fsp3) is 0.875. The number of rotatable bonds is 2. The number of nitrogens with zero attached hydrogens (tertiary/aromatic N) is 2. The fourth-order valence-corrected chi connectivity index (χ4v) is 0.256. The van der Waals surface area contributed by atoms with Crippen LogP contribution >= 0.6 is 0 Å². The van der Waals surface area contributed by atoms with Crippen LogP contribution in [0.1, 0.15) is 26.2 Å². The molecule has 2 heteroatoms. The number of hydrogen-bond acceptors (Lipinski definition) is 2. The van der Waals surface area contributed by atoms with E-state index >= 15 is 0 Å². The van der Waals surface area contributed by atoms with Gasteiger partial charge in [0.05, 0.1) is 6.07 Å². The van der Waals surface area contributed by atoms with Crippen LogP contribution in [0.4, 0.5) is 0 Å². The zero-order chi connectivity index (χ0) is 8.41. The Kier molecular flexibility index (Phi) is 13.7. The molecular weight excluding hydrogens is 124 g/mol. The largest absolute Gasteiger partial charge is 0.312 e. The van der Waals surface area contributed by atoms with Gasteiger partial charge in [0.25, 0.3) is 0 Å². The number of unbranched alkanes of at least 4 members (excludes halogenated alkanes) is 2. The van der Waals surface area contributed by atoms with E-state index in [1.807, 2.05) is 26.0 Å². The van der Waals surface area contributed by atoms with Gasteiger partial charge in [-0.1, -0.05) is 13.3 Å². The molecule has 0 spiro atoms. The summed E-state index contributed by atoms with van der Waals surface area (Å²) in [6.45, 7) is 2.08. The lowest BCUT2D eigenvalue weighted by molar-refractivity contribution is 0.505. The van der Waals surface area contributed by atoms with Crippen molar-refractivity contribution in [3.63, 3.8) is 0 Å². The smallest absolute Gasteiger partial charge is 0.0621 e. The Morgan fingerprint density at radius 3 is 1.80 bits per heavy atom. The summed E-state index contributed by atoms with van der Waals surface area (Å²) < 4.78 is 0. The highest BCUT2D eigenvalue weighted by atomic mass is 15.0. The molecule has 0 aliphatic heterocycles. The highest BCUT2D eigenvalue weighted by Gasteiger charge is 1.74. The third kappa shape index (κ3) is 51.6. The average Bonchev–Trinajstić information content (AvgIpc) is 1.82. The Labute approximate surface area is 64.5 Å². The first-order valence-corrected chi connectivity index (χ1v) is 3.63. The Balaban J connectivity index is 0. The molecule has 0 amide bonds. The maximum absolute atomic E-state index is 7.95. The fourth-order valence-electron chi connectivity index (χ4n) is 0.256. The van der Waals surface area contributed by atoms with Crippen LogP contribution < -0.4 is 0 Å². The van der Waals surface area contributed by atoms with E-state index in [0.717, 1.165) is 19.3 Å². The Morgan fingerprint density at radius 2 is 1.70 bits per heavy atom. The van der Waals surface area contributed by atoms with Gasteiger partial charge in [0, 0.05) is 6.42 Å². The van der Waals surface area contributed by atoms with Crippen LogP contribution in [0, 0.1) is 11.3 Å². The van der Waals surface area contributed by atoms with Gasteiger partial charge in [-0.3, -0.25) is 0 Å². The Morgan fingerprint density at radius 1 is 1.30 bits per heavy atom. The molecule has 0 unspecified atom stereocenters. The molecule has 0 rings (SSSR count). The first-order valence-electron chi connectivity index (χ1n) is 3.63. The summed E-state index contributed by atoms with van der Waals surface area (Å²) >= 11 is 0. The van der Waals surface area contributed by atoms with E-state index < -0.39 is 0 Å². The third-order valence-electron chi connectivity index (χ3n) is 0.642. The molecule has 2 nitrogen and oxygen atoms in total. The van der Waals surface area contributed by atoms with Gasteiger partial charge >= 0.3 is 0 Å². The lowest BCUT2D eigenvalue weighted by Crippen LogP contribution is -1.99. The zero-order valence-electron chi connectivity index (χ0n) is 7.52. The highest BCUT2D eigenvalue weighted by molar-refractivity contribution is 4.66. The normalized spacial score (nSPS) is 8.00. The average molecular weight is 142 g/mol. The first-order chi connectivity index (χ1) is 4.65. The van der Waals surface area contributed by atoms with Crippen molar-refractivity contribution >= 4 is 0 Å². The summed E-state index contributed by atoms with van der Waals surface area (Å²) in [6.07, 6.45) is 2.90. The molecule has 0 aliphatic rings. The van der Waals surface area contributed by atoms with E-state index in [4.69, 9.17) is 5.26 Å². The second-order valence-corrected chi connectivity index (χ2v) is 2.60. The van der Waals surface area contributed by atoms with Crippen LogP contribution in [0.15, 0.2) is 0 Å². The van der Waals surface area contributed by atoms with Crippen molar-refractivity contribution in [1.82, 2.24) is 4.90 Å². The highest BCUT2D eigenvalue weighted by Crippen LogP contribution is 1.88. The van der Waals surface area contributed by atoms with Crippen LogP contribution in [-0.4, -0.2) is 26.0 Å². The standard InChI is InChI=1S/C5H9N.C3H9N/c1-2-3-4-5-6;1-4(2)3/h2-4H2,1H3;1-3H3. The summed E-state index contributed by atoms with van der Waals surface area (Å²) in [5.41, 5.74) is 0. The topological polar surface area (TPSA) is 27.0 Å². The van der Waals surface area contributed by atoms with Gasteiger partial charge in [-0.25, -0.2) is 0 Å². The van der Waals surface area contributed by atoms with E-state index in [2.05, 4.69) is 13.0 Å². The van der Waals surface area contributed by atoms with Crippen LogP contribution in [0.25, 0.3) is 0 Å². The molecule has 60 valence electrons. The van der Waals surface area contributed by atoms with Gasteiger partial charge in [-0.15, -0.1) is 0 Å². The quantitative estimate of drug-likeness (QED) is 0.550. The van der Waals surface area contributed by atoms with Crippen molar-refractivity contribution < 1.29 is 0 Å². The molecule has 0 aromatic heterocycles. The number of hydrogen-bond donors (Lipinski definition) is 0. The van der Waals surface area contributed by atoms with Gasteiger partial charge in [0.2, 0.25) is 0 Å². The predicted molar refractivity (Wildman–Crippen MR) is 44.7 cm³/mol. The van der Waals surface area contributed by atoms with Crippen molar-refractivity contribution in [1.29, 1.82) is 5.26 Å². The van der Waals surface area contributed by atoms with E-state index in [-0.39, 0.29) is 0 Å². The molecule has 0 atom stereocenters. The maximum atomic E-state index is 7.95. The van der Waals surface area contributed by atoms with Gasteiger partial charge in [0.15, 0.2) is 0 Å². The van der Waals surface area contributed by atoms with Crippen molar-refractivity contribution in [3.8, 4) is 6.07 Å². The van der Waals surface area contributed by atoms with E-state index in [1.54, 1.807) is 0 Å². The summed E-state index contributed by atoms with van der Waals surface area (Å²) in [4.78, 5) is 2.00. The first kappa shape index (κ1) is 12.2. The molecule has 10 heavy (non-hydrogen) atoms. The molecule has 0 saturated carbocycles. The molecule has 0 aliphatic carbocycles. The predicted octanol–water partition coefficient (Wildman–Crippen LogP) is 1.88. The van der Waals surface area contributed by atoms with Crippen LogP contribution in [-0.2, 0) is 0 Å². The van der Waals surface area contributed by atoms with Gasteiger partial charge in [-0.2, -0.15) is 5.26 Å². The minimum absolute atomic E-state index is 0.719. The molecule has 0 fully saturated rings. The van der Waals surface area contributed by atoms with Gasteiger partial charge < -0.3 is 4.90 Å². The van der Waals surface area contributed by atoms with Crippen LogP contribution in [0.3, 0.4) is 0 Å². The SMILES string of the molecule is CCCCC#N.CN(C)C. The molecule has 0 saturated heterocycles. The van der Waals surface area contributed by atoms with Crippen molar-refractivity contribution in [2.45, 2.75) is 26.2 Å². The Bertz CT molecular complexity index is 79.0. The lowest BCUT2D eigenvalue weighted by Gasteiger charge is -1.90. The van der Waals surface area contributed by atoms with E-state index in [0.29, 0.717) is 0 Å². The van der Waals surface area contributed by atoms with Crippen molar-refractivity contribution in [2.75, 3.05) is 21.1 Å². The van der Waals surface area contributed by atoms with Crippen molar-refractivity contribution in [3.05, 3.63) is 0 Å². The summed E-state index contributed by atoms with van der Waals surface area (Å²) in [5.74, 6) is 0. The summed E-state index contributed by atoms with van der Waals surface area (Å²) in [6, 6.07) is 2.07. The minimum Gasteiger partial charge on any atom is -0.312 e. The van der Waals surface area contributed by atoms with Gasteiger partial charge in [-0.05, 0) is 27.6 Å². The maximum Gasteiger partial charge on any atom is 0.0621 e. The van der Waals surface area contributed by atoms with E-state index in [1.165, 1.54) is 0 Å². The monoisotopic (exact) mass is 142 g/mol. The van der Waals surface area contributed by atoms with E-state index in [9.17, 15) is 0 Å². The van der Waals surface area contributed by atoms with Crippen LogP contribution in [0.2, 0.25) is 0 Å². The minimum atomic E-state index is 0.719. The van der Waals surface area contributed by atoms with Gasteiger partial charge in [0.1, 0.15) is 0 Å². The molecule has 0 aromatic rings. The third-order valence-corrected chi connectivity index (χ3v) is 0.642. The summed E-state index contributed by atoms with van der Waals surface area (Å²) in [5, 5.41) is 7.95. The second-order valence-electron chi connectivity index (χ2n) is 2.60. The number of nitriles is 1. The van der Waals surface area contributed by atoms with Crippen LogP contribution in [0.5, 0.6) is 0 Å². The second kappa shape index (κ2) is 11.3.